The zero-order valence-corrected chi connectivity index (χ0v) is 14.7. The lowest BCUT2D eigenvalue weighted by Gasteiger charge is -2.08. The van der Waals surface area contributed by atoms with Gasteiger partial charge in [-0.15, -0.1) is 11.3 Å². The molecule has 0 aliphatic carbocycles. The molecule has 0 fully saturated rings. The van der Waals surface area contributed by atoms with Crippen LogP contribution in [0.3, 0.4) is 0 Å². The van der Waals surface area contributed by atoms with Gasteiger partial charge in [0.05, 0.1) is 19.9 Å². The van der Waals surface area contributed by atoms with Crippen LogP contribution in [-0.2, 0) is 0 Å². The van der Waals surface area contributed by atoms with Crippen molar-refractivity contribution in [3.8, 4) is 22.8 Å². The van der Waals surface area contributed by atoms with Crippen LogP contribution in [0.15, 0.2) is 41.8 Å². The number of carbonyl (C=O) groups excluding carboxylic acids is 1. The van der Waals surface area contributed by atoms with Gasteiger partial charge in [0, 0.05) is 28.6 Å². The number of benzene rings is 2. The molecule has 8 heteroatoms. The molecule has 1 N–H and O–H groups in total. The molecule has 0 spiro atoms. The van der Waals surface area contributed by atoms with Gasteiger partial charge in [-0.25, -0.2) is 13.8 Å². The van der Waals surface area contributed by atoms with E-state index in [1.54, 1.807) is 30.7 Å². The summed E-state index contributed by atoms with van der Waals surface area (Å²) in [6.07, 6.45) is 0. The van der Waals surface area contributed by atoms with E-state index >= 15 is 0 Å². The summed E-state index contributed by atoms with van der Waals surface area (Å²) in [5, 5.41) is 4.57. The minimum atomic E-state index is -0.821. The second kappa shape index (κ2) is 7.49. The molecule has 0 saturated carbocycles. The highest BCUT2D eigenvalue weighted by Gasteiger charge is 2.14. The molecule has 5 nitrogen and oxygen atoms in total. The molecular weight excluding hydrogens is 362 g/mol. The predicted molar refractivity (Wildman–Crippen MR) is 95.0 cm³/mol. The van der Waals surface area contributed by atoms with Crippen LogP contribution in [0.2, 0.25) is 0 Å². The molecule has 1 aromatic heterocycles. The third-order valence-electron chi connectivity index (χ3n) is 3.53. The summed E-state index contributed by atoms with van der Waals surface area (Å²) in [5.41, 5.74) is 1.19. The molecule has 3 rings (SSSR count). The van der Waals surface area contributed by atoms with E-state index < -0.39 is 17.5 Å². The maximum absolute atomic E-state index is 13.2. The fraction of sp³-hybridized carbons (Fsp3) is 0.111. The van der Waals surface area contributed by atoms with E-state index in [1.165, 1.54) is 18.4 Å². The van der Waals surface area contributed by atoms with Crippen molar-refractivity contribution < 1.29 is 23.0 Å². The van der Waals surface area contributed by atoms with Crippen molar-refractivity contribution in [2.75, 3.05) is 19.5 Å². The summed E-state index contributed by atoms with van der Waals surface area (Å²) in [6.45, 7) is 0. The monoisotopic (exact) mass is 376 g/mol. The Hall–Kier alpha value is -3.00. The molecule has 3 aromatic rings. The van der Waals surface area contributed by atoms with Gasteiger partial charge in [-0.05, 0) is 24.3 Å². The van der Waals surface area contributed by atoms with E-state index in [1.807, 2.05) is 0 Å². The van der Waals surface area contributed by atoms with Crippen LogP contribution >= 0.6 is 11.3 Å². The van der Waals surface area contributed by atoms with Crippen LogP contribution in [0.5, 0.6) is 11.5 Å². The summed E-state index contributed by atoms with van der Waals surface area (Å²) >= 11 is 1.19. The second-order valence-electron chi connectivity index (χ2n) is 5.22. The van der Waals surface area contributed by atoms with E-state index in [4.69, 9.17) is 9.47 Å². The number of carbonyl (C=O) groups is 1. The Kier molecular flexibility index (Phi) is 5.13. The number of nitrogens with zero attached hydrogens (tertiary/aromatic N) is 1. The molecule has 0 atom stereocenters. The predicted octanol–water partition coefficient (Wildman–Crippen LogP) is 4.36. The number of nitrogens with one attached hydrogen (secondary N) is 1. The molecule has 0 saturated heterocycles. The van der Waals surface area contributed by atoms with Gasteiger partial charge in [-0.2, -0.15) is 0 Å². The highest BCUT2D eigenvalue weighted by atomic mass is 32.1. The van der Waals surface area contributed by atoms with Gasteiger partial charge < -0.3 is 9.47 Å². The zero-order valence-electron chi connectivity index (χ0n) is 13.9. The van der Waals surface area contributed by atoms with Crippen molar-refractivity contribution in [2.24, 2.45) is 0 Å². The first-order chi connectivity index (χ1) is 12.5. The SMILES string of the molecule is COc1ccc(-c2csc(NC(=O)c3cc(F)cc(F)c3)n2)c(OC)c1. The van der Waals surface area contributed by atoms with Crippen LogP contribution in [0.25, 0.3) is 11.3 Å². The van der Waals surface area contributed by atoms with Crippen LogP contribution in [0.4, 0.5) is 13.9 Å². The first kappa shape index (κ1) is 17.8. The average Bonchev–Trinajstić information content (AvgIpc) is 3.08. The maximum atomic E-state index is 13.2. The van der Waals surface area contributed by atoms with E-state index in [9.17, 15) is 13.6 Å². The molecule has 0 aliphatic rings. The normalized spacial score (nSPS) is 10.5. The summed E-state index contributed by atoms with van der Waals surface area (Å²) < 4.78 is 37.0. The number of amides is 1. The number of thiazole rings is 1. The lowest BCUT2D eigenvalue weighted by atomic mass is 10.1. The highest BCUT2D eigenvalue weighted by Crippen LogP contribution is 2.34. The Morgan fingerprint density at radius 3 is 2.46 bits per heavy atom. The molecule has 2 aromatic carbocycles. The van der Waals surface area contributed by atoms with E-state index in [2.05, 4.69) is 10.3 Å². The zero-order chi connectivity index (χ0) is 18.7. The third kappa shape index (κ3) is 3.80. The van der Waals surface area contributed by atoms with Gasteiger partial charge in [0.25, 0.3) is 5.91 Å². The van der Waals surface area contributed by atoms with E-state index in [0.717, 1.165) is 17.7 Å². The lowest BCUT2D eigenvalue weighted by molar-refractivity contribution is 0.102. The van der Waals surface area contributed by atoms with Gasteiger partial charge in [0.1, 0.15) is 23.1 Å². The minimum Gasteiger partial charge on any atom is -0.497 e. The van der Waals surface area contributed by atoms with Crippen molar-refractivity contribution in [1.82, 2.24) is 4.98 Å². The number of aromatic nitrogens is 1. The Balaban J connectivity index is 1.83. The minimum absolute atomic E-state index is 0.124. The average molecular weight is 376 g/mol. The number of rotatable bonds is 5. The molecule has 0 aliphatic heterocycles. The Morgan fingerprint density at radius 2 is 1.81 bits per heavy atom. The number of hydrogen-bond donors (Lipinski definition) is 1. The van der Waals surface area contributed by atoms with Crippen molar-refractivity contribution >= 4 is 22.4 Å². The van der Waals surface area contributed by atoms with Gasteiger partial charge in [-0.1, -0.05) is 0 Å². The third-order valence-corrected chi connectivity index (χ3v) is 4.29. The van der Waals surface area contributed by atoms with E-state index in [0.29, 0.717) is 28.4 Å². The first-order valence-electron chi connectivity index (χ1n) is 7.45. The maximum Gasteiger partial charge on any atom is 0.257 e. The molecule has 26 heavy (non-hydrogen) atoms. The Bertz CT molecular complexity index is 939. The number of methoxy groups -OCH3 is 2. The molecular formula is C18H14F2N2O3S. The lowest BCUT2D eigenvalue weighted by Crippen LogP contribution is -2.12. The van der Waals surface area contributed by atoms with Crippen molar-refractivity contribution in [1.29, 1.82) is 0 Å². The number of hydrogen-bond acceptors (Lipinski definition) is 5. The number of ether oxygens (including phenoxy) is 2. The molecule has 1 heterocycles. The molecule has 0 radical (unpaired) electrons. The quantitative estimate of drug-likeness (QED) is 0.719. The van der Waals surface area contributed by atoms with Crippen LogP contribution < -0.4 is 14.8 Å². The largest absolute Gasteiger partial charge is 0.497 e. The first-order valence-corrected chi connectivity index (χ1v) is 8.33. The standard InChI is InChI=1S/C18H14F2N2O3S/c1-24-13-3-4-14(16(8-13)25-2)15-9-26-18(21-15)22-17(23)10-5-11(19)7-12(20)6-10/h3-9H,1-2H3,(H,21,22,23). The summed E-state index contributed by atoms with van der Waals surface area (Å²) in [5.74, 6) is -1.08. The highest BCUT2D eigenvalue weighted by molar-refractivity contribution is 7.14. The van der Waals surface area contributed by atoms with Crippen LogP contribution in [-0.4, -0.2) is 25.1 Å². The van der Waals surface area contributed by atoms with Gasteiger partial charge >= 0.3 is 0 Å². The second-order valence-corrected chi connectivity index (χ2v) is 6.07. The summed E-state index contributed by atoms with van der Waals surface area (Å²) in [6, 6.07) is 7.90. The number of anilines is 1. The van der Waals surface area contributed by atoms with Gasteiger partial charge in [-0.3, -0.25) is 10.1 Å². The molecule has 134 valence electrons. The fourth-order valence-corrected chi connectivity index (χ4v) is 3.02. The Morgan fingerprint density at radius 1 is 1.08 bits per heavy atom. The molecule has 0 bridgehead atoms. The molecule has 0 unspecified atom stereocenters. The molecule has 1 amide bonds. The van der Waals surface area contributed by atoms with E-state index in [-0.39, 0.29) is 5.56 Å². The van der Waals surface area contributed by atoms with Crippen molar-refractivity contribution in [2.45, 2.75) is 0 Å². The summed E-state index contributed by atoms with van der Waals surface area (Å²) in [7, 11) is 3.09. The van der Waals surface area contributed by atoms with Crippen LogP contribution in [0, 0.1) is 11.6 Å². The van der Waals surface area contributed by atoms with Crippen molar-refractivity contribution in [3.05, 3.63) is 59.0 Å². The van der Waals surface area contributed by atoms with Gasteiger partial charge in [0.2, 0.25) is 0 Å². The topological polar surface area (TPSA) is 60.5 Å². The Labute approximate surface area is 152 Å². The number of halogens is 2. The van der Waals surface area contributed by atoms with Gasteiger partial charge in [0.15, 0.2) is 5.13 Å². The van der Waals surface area contributed by atoms with Crippen molar-refractivity contribution in [3.63, 3.8) is 0 Å². The fourth-order valence-electron chi connectivity index (χ4n) is 2.32. The summed E-state index contributed by atoms with van der Waals surface area (Å²) in [4.78, 5) is 16.5. The smallest absolute Gasteiger partial charge is 0.257 e. The van der Waals surface area contributed by atoms with Crippen LogP contribution in [0.1, 0.15) is 10.4 Å².